The Bertz CT molecular complexity index is 399. The summed E-state index contributed by atoms with van der Waals surface area (Å²) >= 11 is 5.71. The minimum atomic E-state index is -0.311. The van der Waals surface area contributed by atoms with E-state index in [1.807, 2.05) is 20.8 Å². The molecule has 0 aliphatic heterocycles. The van der Waals surface area contributed by atoms with Crippen LogP contribution < -0.4 is 10.6 Å². The fraction of sp³-hybridized carbons (Fsp3) is 0.364. The summed E-state index contributed by atoms with van der Waals surface area (Å²) in [5.41, 5.74) is 0.231. The number of urea groups is 1. The van der Waals surface area contributed by atoms with E-state index < -0.39 is 0 Å². The second-order valence-electron chi connectivity index (χ2n) is 4.50. The van der Waals surface area contributed by atoms with Crippen molar-refractivity contribution in [2.24, 2.45) is 0 Å². The quantitative estimate of drug-likeness (QED) is 0.663. The van der Waals surface area contributed by atoms with Gasteiger partial charge in [0.15, 0.2) is 0 Å². The molecule has 1 aromatic carbocycles. The Kier molecular flexibility index (Phi) is 3.65. The molecule has 0 heterocycles. The third-order valence-electron chi connectivity index (χ3n) is 1.69. The van der Waals surface area contributed by atoms with Crippen LogP contribution in [0.2, 0.25) is 5.02 Å². The Labute approximate surface area is 99.6 Å². The molecule has 88 valence electrons. The van der Waals surface area contributed by atoms with Crippen molar-refractivity contribution in [3.8, 4) is 5.75 Å². The van der Waals surface area contributed by atoms with Gasteiger partial charge in [-0.05, 0) is 39.0 Å². The normalized spacial score (nSPS) is 11.0. The van der Waals surface area contributed by atoms with Crippen LogP contribution in [0.3, 0.4) is 0 Å². The zero-order chi connectivity index (χ0) is 12.3. The molecular formula is C11H15ClN2O2. The maximum atomic E-state index is 11.5. The van der Waals surface area contributed by atoms with Crippen LogP contribution in [0.5, 0.6) is 5.75 Å². The molecule has 16 heavy (non-hydrogen) atoms. The van der Waals surface area contributed by atoms with E-state index >= 15 is 0 Å². The van der Waals surface area contributed by atoms with E-state index in [1.54, 1.807) is 6.07 Å². The summed E-state index contributed by atoms with van der Waals surface area (Å²) < 4.78 is 0. The lowest BCUT2D eigenvalue weighted by Gasteiger charge is -2.20. The van der Waals surface area contributed by atoms with Crippen LogP contribution in [0.1, 0.15) is 20.8 Å². The largest absolute Gasteiger partial charge is 0.506 e. The van der Waals surface area contributed by atoms with Crippen molar-refractivity contribution in [1.82, 2.24) is 5.32 Å². The van der Waals surface area contributed by atoms with Crippen LogP contribution in [0.25, 0.3) is 0 Å². The highest BCUT2D eigenvalue weighted by molar-refractivity contribution is 6.32. The number of benzene rings is 1. The van der Waals surface area contributed by atoms with Gasteiger partial charge in [0, 0.05) is 11.2 Å². The van der Waals surface area contributed by atoms with Crippen LogP contribution in [-0.4, -0.2) is 16.7 Å². The first kappa shape index (κ1) is 12.6. The molecule has 5 heteroatoms. The van der Waals surface area contributed by atoms with Gasteiger partial charge in [0.2, 0.25) is 0 Å². The van der Waals surface area contributed by atoms with Gasteiger partial charge in [0.05, 0.1) is 5.02 Å². The van der Waals surface area contributed by atoms with Crippen molar-refractivity contribution in [3.05, 3.63) is 23.2 Å². The van der Waals surface area contributed by atoms with E-state index in [4.69, 9.17) is 11.6 Å². The highest BCUT2D eigenvalue weighted by atomic mass is 35.5. The summed E-state index contributed by atoms with van der Waals surface area (Å²) in [6.07, 6.45) is 0. The summed E-state index contributed by atoms with van der Waals surface area (Å²) in [7, 11) is 0. The van der Waals surface area contributed by atoms with Crippen molar-refractivity contribution >= 4 is 23.3 Å². The number of phenolic OH excluding ortho intramolecular Hbond substituents is 1. The number of halogens is 1. The number of hydrogen-bond donors (Lipinski definition) is 3. The lowest BCUT2D eigenvalue weighted by Crippen LogP contribution is -2.43. The second-order valence-corrected chi connectivity index (χ2v) is 4.90. The van der Waals surface area contributed by atoms with E-state index in [9.17, 15) is 9.90 Å². The van der Waals surface area contributed by atoms with Gasteiger partial charge in [-0.15, -0.1) is 0 Å². The Morgan fingerprint density at radius 1 is 1.38 bits per heavy atom. The molecule has 0 saturated carbocycles. The van der Waals surface area contributed by atoms with E-state index in [0.29, 0.717) is 5.69 Å². The molecule has 0 aliphatic carbocycles. The van der Waals surface area contributed by atoms with Crippen molar-refractivity contribution in [2.75, 3.05) is 5.32 Å². The van der Waals surface area contributed by atoms with Crippen LogP contribution >= 0.6 is 11.6 Å². The van der Waals surface area contributed by atoms with Gasteiger partial charge in [-0.2, -0.15) is 0 Å². The molecule has 0 aromatic heterocycles. The van der Waals surface area contributed by atoms with Gasteiger partial charge in [-0.3, -0.25) is 0 Å². The van der Waals surface area contributed by atoms with Gasteiger partial charge in [-0.1, -0.05) is 11.6 Å². The molecule has 0 radical (unpaired) electrons. The number of amides is 2. The molecule has 1 rings (SSSR count). The molecule has 2 amide bonds. The second kappa shape index (κ2) is 4.61. The van der Waals surface area contributed by atoms with Crippen molar-refractivity contribution in [1.29, 1.82) is 0 Å². The number of aromatic hydroxyl groups is 1. The van der Waals surface area contributed by atoms with E-state index in [2.05, 4.69) is 10.6 Å². The lowest BCUT2D eigenvalue weighted by atomic mass is 10.1. The van der Waals surface area contributed by atoms with Gasteiger partial charge in [0.25, 0.3) is 0 Å². The summed E-state index contributed by atoms with van der Waals surface area (Å²) in [5.74, 6) is -0.0107. The standard InChI is InChI=1S/C11H15ClN2O2/c1-11(2,3)14-10(16)13-7-4-5-9(15)8(12)6-7/h4-6,15H,1-3H3,(H2,13,14,16). The summed E-state index contributed by atoms with van der Waals surface area (Å²) in [6.45, 7) is 5.66. The molecule has 0 spiro atoms. The molecule has 0 saturated heterocycles. The molecule has 4 nitrogen and oxygen atoms in total. The molecule has 0 unspecified atom stereocenters. The Hall–Kier alpha value is -1.42. The van der Waals surface area contributed by atoms with Gasteiger partial charge < -0.3 is 15.7 Å². The van der Waals surface area contributed by atoms with E-state index in [1.165, 1.54) is 12.1 Å². The molecule has 0 bridgehead atoms. The third-order valence-corrected chi connectivity index (χ3v) is 2.00. The Balaban J connectivity index is 2.67. The Morgan fingerprint density at radius 2 is 2.00 bits per heavy atom. The highest BCUT2D eigenvalue weighted by Gasteiger charge is 2.13. The number of anilines is 1. The monoisotopic (exact) mass is 242 g/mol. The summed E-state index contributed by atoms with van der Waals surface area (Å²) in [4.78, 5) is 11.5. The topological polar surface area (TPSA) is 61.4 Å². The predicted molar refractivity (Wildman–Crippen MR) is 65.0 cm³/mol. The number of rotatable bonds is 1. The summed E-state index contributed by atoms with van der Waals surface area (Å²) in [5, 5.41) is 14.8. The number of hydrogen-bond acceptors (Lipinski definition) is 2. The summed E-state index contributed by atoms with van der Waals surface area (Å²) in [6, 6.07) is 4.17. The van der Waals surface area contributed by atoms with Gasteiger partial charge >= 0.3 is 6.03 Å². The molecule has 0 aliphatic rings. The smallest absolute Gasteiger partial charge is 0.319 e. The first-order chi connectivity index (χ1) is 7.28. The highest BCUT2D eigenvalue weighted by Crippen LogP contribution is 2.25. The molecular weight excluding hydrogens is 228 g/mol. The van der Waals surface area contributed by atoms with Crippen LogP contribution in [0.15, 0.2) is 18.2 Å². The lowest BCUT2D eigenvalue weighted by molar-refractivity contribution is 0.244. The van der Waals surface area contributed by atoms with Crippen LogP contribution in [-0.2, 0) is 0 Å². The van der Waals surface area contributed by atoms with E-state index in [-0.39, 0.29) is 22.3 Å². The average Bonchev–Trinajstić information content (AvgIpc) is 2.08. The molecule has 3 N–H and O–H groups in total. The average molecular weight is 243 g/mol. The SMILES string of the molecule is CC(C)(C)NC(=O)Nc1ccc(O)c(Cl)c1. The van der Waals surface area contributed by atoms with Crippen molar-refractivity contribution < 1.29 is 9.90 Å². The fourth-order valence-electron chi connectivity index (χ4n) is 1.09. The van der Waals surface area contributed by atoms with Crippen molar-refractivity contribution in [2.45, 2.75) is 26.3 Å². The molecule has 0 fully saturated rings. The minimum Gasteiger partial charge on any atom is -0.506 e. The van der Waals surface area contributed by atoms with Gasteiger partial charge in [0.1, 0.15) is 5.75 Å². The number of phenols is 1. The predicted octanol–water partition coefficient (Wildman–Crippen LogP) is 2.97. The number of carbonyl (C=O) groups excluding carboxylic acids is 1. The van der Waals surface area contributed by atoms with Crippen LogP contribution in [0, 0.1) is 0 Å². The van der Waals surface area contributed by atoms with Gasteiger partial charge in [-0.25, -0.2) is 4.79 Å². The van der Waals surface area contributed by atoms with Crippen LogP contribution in [0.4, 0.5) is 10.5 Å². The molecule has 0 atom stereocenters. The first-order valence-corrected chi connectivity index (χ1v) is 5.23. The third kappa shape index (κ3) is 3.98. The molecule has 1 aromatic rings. The Morgan fingerprint density at radius 3 is 2.50 bits per heavy atom. The van der Waals surface area contributed by atoms with Crippen molar-refractivity contribution in [3.63, 3.8) is 0 Å². The fourth-order valence-corrected chi connectivity index (χ4v) is 1.27. The number of carbonyl (C=O) groups is 1. The zero-order valence-electron chi connectivity index (χ0n) is 9.47. The first-order valence-electron chi connectivity index (χ1n) is 4.85. The number of nitrogens with one attached hydrogen (secondary N) is 2. The zero-order valence-corrected chi connectivity index (χ0v) is 10.2. The maximum Gasteiger partial charge on any atom is 0.319 e. The minimum absolute atomic E-state index is 0.0107. The maximum absolute atomic E-state index is 11.5. The van der Waals surface area contributed by atoms with E-state index in [0.717, 1.165) is 0 Å².